The minimum atomic E-state index is -2.53. The number of nitrogens with zero attached hydrogens (tertiary/aromatic N) is 1. The summed E-state index contributed by atoms with van der Waals surface area (Å²) in [6, 6.07) is 5.89. The van der Waals surface area contributed by atoms with E-state index in [0.717, 1.165) is 10.9 Å². The van der Waals surface area contributed by atoms with Gasteiger partial charge in [0.2, 0.25) is 0 Å². The van der Waals surface area contributed by atoms with Gasteiger partial charge in [0.1, 0.15) is 0 Å². The highest BCUT2D eigenvalue weighted by atomic mass is 19.3. The highest BCUT2D eigenvalue weighted by Crippen LogP contribution is 2.26. The van der Waals surface area contributed by atoms with E-state index in [-0.39, 0.29) is 0 Å². The molecular formula is C11H12F2N2. The summed E-state index contributed by atoms with van der Waals surface area (Å²) in [5.41, 5.74) is 6.88. The number of benzene rings is 1. The second-order valence-electron chi connectivity index (χ2n) is 3.57. The standard InChI is InChI=1S/C11H12F2N2/c1-15-6-5-7-8(10(14)11(12)13)3-2-4-9(7)15/h2-6,10-11H,14H2,1H3. The Morgan fingerprint density at radius 3 is 2.67 bits per heavy atom. The van der Waals surface area contributed by atoms with Gasteiger partial charge in [-0.2, -0.15) is 0 Å². The van der Waals surface area contributed by atoms with Gasteiger partial charge in [-0.15, -0.1) is 0 Å². The first-order valence-corrected chi connectivity index (χ1v) is 4.69. The molecule has 0 spiro atoms. The van der Waals surface area contributed by atoms with E-state index in [1.807, 2.05) is 29.9 Å². The fourth-order valence-corrected chi connectivity index (χ4v) is 1.75. The predicted molar refractivity (Wildman–Crippen MR) is 55.9 cm³/mol. The van der Waals surface area contributed by atoms with Crippen LogP contribution < -0.4 is 5.73 Å². The van der Waals surface area contributed by atoms with Gasteiger partial charge in [0.05, 0.1) is 6.04 Å². The minimum absolute atomic E-state index is 0.503. The molecule has 0 aliphatic carbocycles. The van der Waals surface area contributed by atoms with Crippen LogP contribution in [0.1, 0.15) is 11.6 Å². The Balaban J connectivity index is 2.61. The van der Waals surface area contributed by atoms with Crippen LogP contribution in [0.25, 0.3) is 10.9 Å². The van der Waals surface area contributed by atoms with Crippen molar-refractivity contribution >= 4 is 10.9 Å². The largest absolute Gasteiger partial charge is 0.351 e. The molecule has 2 aromatic rings. The summed E-state index contributed by atoms with van der Waals surface area (Å²) in [5, 5.41) is 0.799. The van der Waals surface area contributed by atoms with Gasteiger partial charge >= 0.3 is 0 Å². The summed E-state index contributed by atoms with van der Waals surface area (Å²) >= 11 is 0. The molecule has 15 heavy (non-hydrogen) atoms. The lowest BCUT2D eigenvalue weighted by molar-refractivity contribution is 0.117. The Morgan fingerprint density at radius 2 is 2.00 bits per heavy atom. The molecule has 1 atom stereocenters. The highest BCUT2D eigenvalue weighted by molar-refractivity contribution is 5.84. The van der Waals surface area contributed by atoms with E-state index < -0.39 is 12.5 Å². The molecule has 1 aromatic heterocycles. The molecule has 80 valence electrons. The molecule has 2 N–H and O–H groups in total. The first-order valence-electron chi connectivity index (χ1n) is 4.69. The number of aromatic nitrogens is 1. The molecule has 0 radical (unpaired) electrons. The summed E-state index contributed by atoms with van der Waals surface area (Å²) in [6.45, 7) is 0. The molecule has 0 saturated carbocycles. The van der Waals surface area contributed by atoms with Crippen LogP contribution in [0.4, 0.5) is 8.78 Å². The van der Waals surface area contributed by atoms with Crippen molar-refractivity contribution in [1.29, 1.82) is 0 Å². The Labute approximate surface area is 86.3 Å². The molecule has 4 heteroatoms. The zero-order valence-corrected chi connectivity index (χ0v) is 8.32. The number of hydrogen-bond acceptors (Lipinski definition) is 1. The van der Waals surface area contributed by atoms with Crippen molar-refractivity contribution in [2.45, 2.75) is 12.5 Å². The Hall–Kier alpha value is -1.42. The molecule has 1 heterocycles. The van der Waals surface area contributed by atoms with E-state index in [4.69, 9.17) is 5.73 Å². The van der Waals surface area contributed by atoms with Crippen molar-refractivity contribution in [3.8, 4) is 0 Å². The minimum Gasteiger partial charge on any atom is -0.351 e. The van der Waals surface area contributed by atoms with Crippen molar-refractivity contribution in [2.75, 3.05) is 0 Å². The smallest absolute Gasteiger partial charge is 0.257 e. The monoisotopic (exact) mass is 210 g/mol. The number of halogens is 2. The maximum Gasteiger partial charge on any atom is 0.257 e. The van der Waals surface area contributed by atoms with Gasteiger partial charge < -0.3 is 10.3 Å². The van der Waals surface area contributed by atoms with Crippen LogP contribution in [-0.2, 0) is 7.05 Å². The second-order valence-corrected chi connectivity index (χ2v) is 3.57. The first-order chi connectivity index (χ1) is 7.11. The summed E-state index contributed by atoms with van der Waals surface area (Å²) in [5.74, 6) is 0. The van der Waals surface area contributed by atoms with Gasteiger partial charge in [0.25, 0.3) is 6.43 Å². The fourth-order valence-electron chi connectivity index (χ4n) is 1.75. The Bertz CT molecular complexity index is 476. The lowest BCUT2D eigenvalue weighted by atomic mass is 10.0. The van der Waals surface area contributed by atoms with Crippen molar-refractivity contribution < 1.29 is 8.78 Å². The Kier molecular flexibility index (Phi) is 2.44. The molecule has 0 saturated heterocycles. The van der Waals surface area contributed by atoms with E-state index in [1.54, 1.807) is 12.1 Å². The van der Waals surface area contributed by atoms with Crippen molar-refractivity contribution in [3.63, 3.8) is 0 Å². The molecule has 1 unspecified atom stereocenters. The molecule has 1 aromatic carbocycles. The fraction of sp³-hybridized carbons (Fsp3) is 0.273. The van der Waals surface area contributed by atoms with Crippen LogP contribution in [-0.4, -0.2) is 11.0 Å². The molecule has 2 nitrogen and oxygen atoms in total. The molecule has 0 fully saturated rings. The second kappa shape index (κ2) is 3.62. The number of rotatable bonds is 2. The van der Waals surface area contributed by atoms with Gasteiger partial charge in [-0.25, -0.2) is 8.78 Å². The van der Waals surface area contributed by atoms with Gasteiger partial charge in [-0.3, -0.25) is 0 Å². The maximum atomic E-state index is 12.5. The average Bonchev–Trinajstić information content (AvgIpc) is 2.59. The third-order valence-electron chi connectivity index (χ3n) is 2.59. The van der Waals surface area contributed by atoms with E-state index in [0.29, 0.717) is 5.56 Å². The number of hydrogen-bond donors (Lipinski definition) is 1. The normalized spacial score (nSPS) is 13.7. The highest BCUT2D eigenvalue weighted by Gasteiger charge is 2.19. The lowest BCUT2D eigenvalue weighted by Gasteiger charge is -2.12. The van der Waals surface area contributed by atoms with Crippen LogP contribution in [0, 0.1) is 0 Å². The lowest BCUT2D eigenvalue weighted by Crippen LogP contribution is -2.19. The van der Waals surface area contributed by atoms with E-state index in [9.17, 15) is 8.78 Å². The quantitative estimate of drug-likeness (QED) is 0.810. The van der Waals surface area contributed by atoms with Gasteiger partial charge in [0, 0.05) is 24.1 Å². The number of fused-ring (bicyclic) bond motifs is 1. The molecule has 0 amide bonds. The zero-order chi connectivity index (χ0) is 11.0. The number of aryl methyl sites for hydroxylation is 1. The number of alkyl halides is 2. The van der Waals surface area contributed by atoms with E-state index in [2.05, 4.69) is 0 Å². The van der Waals surface area contributed by atoms with Gasteiger partial charge in [-0.1, -0.05) is 12.1 Å². The first kappa shape index (κ1) is 10.1. The van der Waals surface area contributed by atoms with E-state index in [1.165, 1.54) is 0 Å². The van der Waals surface area contributed by atoms with Gasteiger partial charge in [0.15, 0.2) is 0 Å². The van der Waals surface area contributed by atoms with E-state index >= 15 is 0 Å². The van der Waals surface area contributed by atoms with Crippen LogP contribution >= 0.6 is 0 Å². The molecular weight excluding hydrogens is 198 g/mol. The van der Waals surface area contributed by atoms with Crippen molar-refractivity contribution in [2.24, 2.45) is 12.8 Å². The molecule has 0 bridgehead atoms. The molecule has 2 rings (SSSR count). The summed E-state index contributed by atoms with van der Waals surface area (Å²) < 4.78 is 26.9. The van der Waals surface area contributed by atoms with Crippen LogP contribution in [0.15, 0.2) is 30.5 Å². The predicted octanol–water partition coefficient (Wildman–Crippen LogP) is 2.44. The SMILES string of the molecule is Cn1ccc2c(C(N)C(F)F)cccc21. The summed E-state index contributed by atoms with van der Waals surface area (Å²) in [6.07, 6.45) is -0.692. The van der Waals surface area contributed by atoms with Crippen LogP contribution in [0.5, 0.6) is 0 Å². The average molecular weight is 210 g/mol. The van der Waals surface area contributed by atoms with Crippen LogP contribution in [0.3, 0.4) is 0 Å². The third kappa shape index (κ3) is 1.61. The maximum absolute atomic E-state index is 12.5. The zero-order valence-electron chi connectivity index (χ0n) is 8.32. The van der Waals surface area contributed by atoms with Gasteiger partial charge in [-0.05, 0) is 17.7 Å². The topological polar surface area (TPSA) is 30.9 Å². The Morgan fingerprint density at radius 1 is 1.27 bits per heavy atom. The molecule has 0 aliphatic heterocycles. The van der Waals surface area contributed by atoms with Crippen LogP contribution in [0.2, 0.25) is 0 Å². The molecule has 0 aliphatic rings. The third-order valence-corrected chi connectivity index (χ3v) is 2.59. The summed E-state index contributed by atoms with van der Waals surface area (Å²) in [7, 11) is 1.88. The number of nitrogens with two attached hydrogens (primary N) is 1. The van der Waals surface area contributed by atoms with Crippen molar-refractivity contribution in [1.82, 2.24) is 4.57 Å². The summed E-state index contributed by atoms with van der Waals surface area (Å²) in [4.78, 5) is 0. The van der Waals surface area contributed by atoms with Crippen molar-refractivity contribution in [3.05, 3.63) is 36.0 Å².